The minimum atomic E-state index is -5.13. The number of β-lactam (4-membered cyclic amide) rings is 1. The average molecular weight is 536 g/mol. The molecule has 1 aliphatic heterocycles. The number of aromatic nitrogens is 1. The van der Waals surface area contributed by atoms with Gasteiger partial charge in [0.05, 0.1) is 6.61 Å². The molecule has 1 aliphatic rings. The van der Waals surface area contributed by atoms with Gasteiger partial charge in [0.2, 0.25) is 5.91 Å². The van der Waals surface area contributed by atoms with Gasteiger partial charge in [-0.1, -0.05) is 5.16 Å². The molecule has 0 aromatic carbocycles. The number of amides is 3. The maximum Gasteiger partial charge on any atom is 0.397 e. The number of hydrogen-bond donors (Lipinski definition) is 4. The summed E-state index contributed by atoms with van der Waals surface area (Å²) < 4.78 is 65.9. The summed E-state index contributed by atoms with van der Waals surface area (Å²) in [6.07, 6.45) is 0. The molecule has 20 heteroatoms. The Morgan fingerprint density at radius 2 is 2.00 bits per heavy atom. The Balaban J connectivity index is 2.23. The molecule has 1 saturated heterocycles. The van der Waals surface area contributed by atoms with Gasteiger partial charge in [0.1, 0.15) is 30.8 Å². The Morgan fingerprint density at radius 1 is 1.34 bits per heavy atom. The van der Waals surface area contributed by atoms with Gasteiger partial charge >= 0.3 is 20.7 Å². The molecule has 16 nitrogen and oxygen atoms in total. The van der Waals surface area contributed by atoms with Gasteiger partial charge < -0.3 is 15.5 Å². The lowest BCUT2D eigenvalue weighted by Gasteiger charge is -2.43. The Hall–Kier alpha value is -2.42. The quantitative estimate of drug-likeness (QED) is 0.0836. The fourth-order valence-corrected chi connectivity index (χ4v) is 4.33. The van der Waals surface area contributed by atoms with Crippen LogP contribution < -0.4 is 10.6 Å². The molecule has 1 aromatic rings. The summed E-state index contributed by atoms with van der Waals surface area (Å²) >= 11 is 6.27. The van der Waals surface area contributed by atoms with Crippen LogP contribution >= 0.6 is 22.9 Å². The number of alkyl halides is 1. The molecular weight excluding hydrogens is 522 g/mol. The molecule has 0 spiro atoms. The predicted octanol–water partition coefficient (Wildman–Crippen LogP) is -2.01. The van der Waals surface area contributed by atoms with Crippen LogP contribution in [0.3, 0.4) is 0 Å². The number of nitrogens with zero attached hydrogens (tertiary/aromatic N) is 3. The number of anilines is 1. The Morgan fingerprint density at radius 3 is 2.53 bits per heavy atom. The van der Waals surface area contributed by atoms with Gasteiger partial charge in [-0.2, -0.15) is 16.8 Å². The molecule has 4 N–H and O–H groups in total. The maximum absolute atomic E-state index is 12.6. The minimum Gasteiger partial charge on any atom is -0.398 e. The SMILES string of the molecule is CON=C(C(=O)N[C@@H]1C(=O)N(S(=O)(=O)O)[C@@H]1COS(=O)(=O)O)c1csc(NC(=O)CCl)n1. The van der Waals surface area contributed by atoms with Crippen molar-refractivity contribution in [1.82, 2.24) is 14.6 Å². The fourth-order valence-electron chi connectivity index (χ4n) is 2.38. The number of carbonyl (C=O) groups excluding carboxylic acids is 3. The van der Waals surface area contributed by atoms with Crippen LogP contribution in [0.1, 0.15) is 5.69 Å². The second-order valence-electron chi connectivity index (χ2n) is 5.68. The van der Waals surface area contributed by atoms with Crippen molar-refractivity contribution in [2.75, 3.05) is 24.9 Å². The van der Waals surface area contributed by atoms with Crippen LogP contribution in [-0.4, -0.2) is 90.3 Å². The van der Waals surface area contributed by atoms with E-state index in [0.717, 1.165) is 18.4 Å². The van der Waals surface area contributed by atoms with Crippen molar-refractivity contribution in [2.24, 2.45) is 5.16 Å². The summed E-state index contributed by atoms with van der Waals surface area (Å²) in [4.78, 5) is 44.6. The van der Waals surface area contributed by atoms with E-state index >= 15 is 0 Å². The van der Waals surface area contributed by atoms with E-state index in [2.05, 4.69) is 29.8 Å². The molecule has 1 aromatic heterocycles. The number of oxime groups is 1. The average Bonchev–Trinajstić information content (AvgIpc) is 3.12. The number of nitrogens with one attached hydrogen (secondary N) is 2. The molecule has 0 unspecified atom stereocenters. The van der Waals surface area contributed by atoms with E-state index in [1.807, 2.05) is 0 Å². The molecule has 0 bridgehead atoms. The molecule has 2 heterocycles. The standard InChI is InChI=1S/C12H14ClN5O11S3/c1-28-17-8(5-4-30-12(14-5)15-7(19)2-13)10(20)16-9-6(3-29-32(25,26)27)18(11(9)21)31(22,23)24/h4,6,9H,2-3H2,1H3,(H,16,20)(H,14,15,19)(H,22,23,24)(H,25,26,27)/t6-,9+/m1/s1. The van der Waals surface area contributed by atoms with Crippen LogP contribution in [0, 0.1) is 0 Å². The van der Waals surface area contributed by atoms with Crippen LogP contribution in [0.5, 0.6) is 0 Å². The Labute approximate surface area is 189 Å². The van der Waals surface area contributed by atoms with Gasteiger partial charge in [-0.05, 0) is 0 Å². The number of thiazole rings is 1. The zero-order chi connectivity index (χ0) is 24.3. The lowest BCUT2D eigenvalue weighted by atomic mass is 9.99. The van der Waals surface area contributed by atoms with Crippen molar-refractivity contribution < 1.29 is 49.3 Å². The van der Waals surface area contributed by atoms with Gasteiger partial charge in [-0.15, -0.1) is 22.9 Å². The highest BCUT2D eigenvalue weighted by Gasteiger charge is 2.54. The highest BCUT2D eigenvalue weighted by Crippen LogP contribution is 2.25. The molecule has 32 heavy (non-hydrogen) atoms. The number of hydrogen-bond acceptors (Lipinski definition) is 12. The van der Waals surface area contributed by atoms with E-state index in [1.54, 1.807) is 0 Å². The van der Waals surface area contributed by atoms with Gasteiger partial charge in [-0.3, -0.25) is 23.5 Å². The summed E-state index contributed by atoms with van der Waals surface area (Å²) in [7, 11) is -9.08. The first-order valence-corrected chi connectivity index (χ1v) is 12.1. The van der Waals surface area contributed by atoms with E-state index in [-0.39, 0.29) is 21.0 Å². The molecular formula is C12H14ClN5O11S3. The molecule has 0 aliphatic carbocycles. The van der Waals surface area contributed by atoms with E-state index in [0.29, 0.717) is 0 Å². The Kier molecular flexibility index (Phi) is 8.09. The van der Waals surface area contributed by atoms with Crippen molar-refractivity contribution in [3.63, 3.8) is 0 Å². The highest BCUT2D eigenvalue weighted by molar-refractivity contribution is 7.84. The summed E-state index contributed by atoms with van der Waals surface area (Å²) in [6.45, 7) is -1.11. The van der Waals surface area contributed by atoms with E-state index in [1.165, 1.54) is 5.38 Å². The van der Waals surface area contributed by atoms with Crippen molar-refractivity contribution in [3.8, 4) is 0 Å². The number of halogens is 1. The monoisotopic (exact) mass is 535 g/mol. The largest absolute Gasteiger partial charge is 0.398 e. The fraction of sp³-hybridized carbons (Fsp3) is 0.417. The van der Waals surface area contributed by atoms with Crippen molar-refractivity contribution in [3.05, 3.63) is 11.1 Å². The summed E-state index contributed by atoms with van der Waals surface area (Å²) in [6, 6.07) is -3.41. The zero-order valence-corrected chi connectivity index (χ0v) is 18.9. The molecule has 1 fully saturated rings. The lowest BCUT2D eigenvalue weighted by Crippen LogP contribution is -2.73. The van der Waals surface area contributed by atoms with Gasteiger partial charge in [0, 0.05) is 5.38 Å². The molecule has 0 saturated carbocycles. The molecule has 2 rings (SSSR count). The molecule has 2 atom stereocenters. The van der Waals surface area contributed by atoms with Crippen molar-refractivity contribution in [1.29, 1.82) is 0 Å². The highest BCUT2D eigenvalue weighted by atomic mass is 35.5. The first-order valence-electron chi connectivity index (χ1n) is 7.94. The zero-order valence-electron chi connectivity index (χ0n) is 15.7. The number of carbonyl (C=O) groups is 3. The van der Waals surface area contributed by atoms with E-state index in [9.17, 15) is 31.2 Å². The van der Waals surface area contributed by atoms with E-state index < -0.39 is 62.8 Å². The van der Waals surface area contributed by atoms with Crippen LogP contribution in [0.25, 0.3) is 0 Å². The van der Waals surface area contributed by atoms with Crippen LogP contribution in [-0.2, 0) is 44.1 Å². The first kappa shape index (κ1) is 25.8. The smallest absolute Gasteiger partial charge is 0.397 e. The minimum absolute atomic E-state index is 0.0546. The van der Waals surface area contributed by atoms with Gasteiger partial charge in [-0.25, -0.2) is 13.5 Å². The maximum atomic E-state index is 12.6. The van der Waals surface area contributed by atoms with Crippen LogP contribution in [0.4, 0.5) is 5.13 Å². The van der Waals surface area contributed by atoms with Crippen molar-refractivity contribution in [2.45, 2.75) is 12.1 Å². The molecule has 178 valence electrons. The Bertz CT molecular complexity index is 1150. The third-order valence-corrected chi connectivity index (χ3v) is 5.99. The molecule has 3 amide bonds. The topological polar surface area (TPSA) is 231 Å². The van der Waals surface area contributed by atoms with E-state index in [4.69, 9.17) is 20.7 Å². The van der Waals surface area contributed by atoms with Crippen LogP contribution in [0.2, 0.25) is 0 Å². The third kappa shape index (κ3) is 6.31. The van der Waals surface area contributed by atoms with Crippen molar-refractivity contribution >= 4 is 72.2 Å². The summed E-state index contributed by atoms with van der Waals surface area (Å²) in [5.74, 6) is -3.36. The first-order chi connectivity index (χ1) is 14.8. The second kappa shape index (κ2) is 10.0. The summed E-state index contributed by atoms with van der Waals surface area (Å²) in [5.41, 5.74) is -0.606. The predicted molar refractivity (Wildman–Crippen MR) is 107 cm³/mol. The van der Waals surface area contributed by atoms with Crippen LogP contribution in [0.15, 0.2) is 10.5 Å². The lowest BCUT2D eigenvalue weighted by molar-refractivity contribution is -0.146. The third-order valence-electron chi connectivity index (χ3n) is 3.60. The van der Waals surface area contributed by atoms with Gasteiger partial charge in [0.25, 0.3) is 11.8 Å². The number of rotatable bonds is 10. The normalized spacial score (nSPS) is 19.3. The van der Waals surface area contributed by atoms with Gasteiger partial charge in [0.15, 0.2) is 10.8 Å². The summed E-state index contributed by atoms with van der Waals surface area (Å²) in [5, 5.41) is 9.24. The second-order valence-corrected chi connectivity index (χ2v) is 9.19. The molecule has 0 radical (unpaired) electrons.